The van der Waals surface area contributed by atoms with E-state index in [1.54, 1.807) is 26.0 Å². The molecule has 1 unspecified atom stereocenters. The molecule has 1 N–H and O–H groups in total. The molecule has 0 saturated heterocycles. The number of hydrogen-bond donors (Lipinski definition) is 1. The Morgan fingerprint density at radius 2 is 1.62 bits per heavy atom. The number of thioether (sulfide) groups is 1. The maximum atomic E-state index is 5.35. The lowest BCUT2D eigenvalue weighted by Crippen LogP contribution is -2.07. The Labute approximate surface area is 130 Å². The Hall–Kier alpha value is -1.81. The molecule has 4 heteroatoms. The van der Waals surface area contributed by atoms with Gasteiger partial charge in [0.1, 0.15) is 0 Å². The van der Waals surface area contributed by atoms with Crippen molar-refractivity contribution in [2.24, 2.45) is 0 Å². The molecular weight excluding hydrogens is 282 g/mol. The molecule has 0 radical (unpaired) electrons. The molecule has 0 saturated carbocycles. The predicted octanol–water partition coefficient (Wildman–Crippen LogP) is 4.60. The van der Waals surface area contributed by atoms with Crippen LogP contribution in [0.15, 0.2) is 47.4 Å². The molecule has 112 valence electrons. The molecule has 3 nitrogen and oxygen atoms in total. The van der Waals surface area contributed by atoms with Crippen molar-refractivity contribution in [2.45, 2.75) is 17.9 Å². The third kappa shape index (κ3) is 3.85. The highest BCUT2D eigenvalue weighted by Gasteiger charge is 2.10. The van der Waals surface area contributed by atoms with Crippen LogP contribution >= 0.6 is 11.8 Å². The first-order chi connectivity index (χ1) is 10.2. The smallest absolute Gasteiger partial charge is 0.161 e. The second-order valence-corrected chi connectivity index (χ2v) is 5.59. The summed E-state index contributed by atoms with van der Waals surface area (Å²) in [5, 5.41) is 3.49. The first kappa shape index (κ1) is 15.6. The van der Waals surface area contributed by atoms with Gasteiger partial charge in [-0.25, -0.2) is 0 Å². The lowest BCUT2D eigenvalue weighted by Gasteiger charge is -2.17. The summed E-state index contributed by atoms with van der Waals surface area (Å²) in [5.74, 6) is 1.50. The zero-order valence-electron chi connectivity index (χ0n) is 12.8. The lowest BCUT2D eigenvalue weighted by molar-refractivity contribution is 0.354. The van der Waals surface area contributed by atoms with Gasteiger partial charge in [-0.05, 0) is 55.1 Å². The molecule has 0 aromatic heterocycles. The fourth-order valence-corrected chi connectivity index (χ4v) is 2.55. The van der Waals surface area contributed by atoms with Crippen LogP contribution in [-0.2, 0) is 0 Å². The minimum Gasteiger partial charge on any atom is -0.493 e. The van der Waals surface area contributed by atoms with Crippen molar-refractivity contribution in [3.63, 3.8) is 0 Å². The van der Waals surface area contributed by atoms with E-state index in [1.165, 1.54) is 4.90 Å². The van der Waals surface area contributed by atoms with Gasteiger partial charge in [-0.2, -0.15) is 0 Å². The van der Waals surface area contributed by atoms with Crippen LogP contribution in [0.25, 0.3) is 0 Å². The van der Waals surface area contributed by atoms with Crippen LogP contribution in [-0.4, -0.2) is 20.5 Å². The van der Waals surface area contributed by atoms with Gasteiger partial charge in [0.05, 0.1) is 14.2 Å². The van der Waals surface area contributed by atoms with Crippen LogP contribution in [0.1, 0.15) is 18.5 Å². The van der Waals surface area contributed by atoms with Crippen LogP contribution in [0, 0.1) is 0 Å². The first-order valence-electron chi connectivity index (χ1n) is 6.80. The Morgan fingerprint density at radius 3 is 2.19 bits per heavy atom. The van der Waals surface area contributed by atoms with Gasteiger partial charge in [-0.1, -0.05) is 6.07 Å². The lowest BCUT2D eigenvalue weighted by atomic mass is 10.1. The molecule has 0 fully saturated rings. The fourth-order valence-electron chi connectivity index (χ4n) is 2.14. The average Bonchev–Trinajstić information content (AvgIpc) is 2.54. The molecule has 0 aliphatic rings. The van der Waals surface area contributed by atoms with Crippen molar-refractivity contribution in [3.05, 3.63) is 48.0 Å². The van der Waals surface area contributed by atoms with Gasteiger partial charge in [0.2, 0.25) is 0 Å². The zero-order chi connectivity index (χ0) is 15.2. The predicted molar refractivity (Wildman–Crippen MR) is 89.8 cm³/mol. The number of methoxy groups -OCH3 is 2. The van der Waals surface area contributed by atoms with Gasteiger partial charge >= 0.3 is 0 Å². The Kier molecular flexibility index (Phi) is 5.39. The Balaban J connectivity index is 2.13. The van der Waals surface area contributed by atoms with Crippen molar-refractivity contribution in [2.75, 3.05) is 25.8 Å². The molecule has 2 aromatic rings. The SMILES string of the molecule is COc1ccc(C(C)Nc2ccc(SC)cc2)cc1OC. The molecule has 0 aliphatic heterocycles. The van der Waals surface area contributed by atoms with Crippen molar-refractivity contribution in [1.82, 2.24) is 0 Å². The number of anilines is 1. The van der Waals surface area contributed by atoms with E-state index < -0.39 is 0 Å². The topological polar surface area (TPSA) is 30.5 Å². The molecule has 2 rings (SSSR count). The van der Waals surface area contributed by atoms with E-state index in [0.717, 1.165) is 22.7 Å². The van der Waals surface area contributed by atoms with Gasteiger partial charge < -0.3 is 14.8 Å². The van der Waals surface area contributed by atoms with Crippen LogP contribution in [0.5, 0.6) is 11.5 Å². The van der Waals surface area contributed by atoms with Crippen LogP contribution in [0.2, 0.25) is 0 Å². The van der Waals surface area contributed by atoms with Crippen LogP contribution in [0.4, 0.5) is 5.69 Å². The van der Waals surface area contributed by atoms with E-state index in [9.17, 15) is 0 Å². The number of ether oxygens (including phenoxy) is 2. The summed E-state index contributed by atoms with van der Waals surface area (Å²) in [7, 11) is 3.30. The quantitative estimate of drug-likeness (QED) is 0.790. The summed E-state index contributed by atoms with van der Waals surface area (Å²) in [4.78, 5) is 1.26. The number of rotatable bonds is 6. The summed E-state index contributed by atoms with van der Waals surface area (Å²) in [5.41, 5.74) is 2.26. The van der Waals surface area contributed by atoms with Crippen LogP contribution < -0.4 is 14.8 Å². The summed E-state index contributed by atoms with van der Waals surface area (Å²) in [6.45, 7) is 2.13. The van der Waals surface area contributed by atoms with Gasteiger partial charge in [-0.3, -0.25) is 0 Å². The molecule has 0 heterocycles. The Bertz CT molecular complexity index is 584. The molecule has 0 bridgehead atoms. The van der Waals surface area contributed by atoms with Crippen LogP contribution in [0.3, 0.4) is 0 Å². The molecular formula is C17H21NO2S. The van der Waals surface area contributed by atoms with Gasteiger partial charge in [0, 0.05) is 16.6 Å². The standard InChI is InChI=1S/C17H21NO2S/c1-12(18-14-6-8-15(21-4)9-7-14)13-5-10-16(19-2)17(11-13)20-3/h5-12,18H,1-4H3. The summed E-state index contributed by atoms with van der Waals surface area (Å²) >= 11 is 1.74. The number of hydrogen-bond acceptors (Lipinski definition) is 4. The van der Waals surface area contributed by atoms with E-state index >= 15 is 0 Å². The monoisotopic (exact) mass is 303 g/mol. The normalized spacial score (nSPS) is 11.8. The van der Waals surface area contributed by atoms with Crippen molar-refractivity contribution >= 4 is 17.4 Å². The highest BCUT2D eigenvalue weighted by Crippen LogP contribution is 2.31. The maximum Gasteiger partial charge on any atom is 0.161 e. The molecule has 2 aromatic carbocycles. The van der Waals surface area contributed by atoms with E-state index in [2.05, 4.69) is 48.8 Å². The first-order valence-corrected chi connectivity index (χ1v) is 8.03. The van der Waals surface area contributed by atoms with Crippen molar-refractivity contribution in [1.29, 1.82) is 0 Å². The maximum absolute atomic E-state index is 5.35. The third-order valence-electron chi connectivity index (χ3n) is 3.38. The van der Waals surface area contributed by atoms with Gasteiger partial charge in [-0.15, -0.1) is 11.8 Å². The third-order valence-corrected chi connectivity index (χ3v) is 4.12. The Morgan fingerprint density at radius 1 is 0.952 bits per heavy atom. The van der Waals surface area contributed by atoms with E-state index in [4.69, 9.17) is 9.47 Å². The second-order valence-electron chi connectivity index (χ2n) is 4.71. The minimum atomic E-state index is 0.185. The molecule has 0 aliphatic carbocycles. The molecule has 1 atom stereocenters. The summed E-state index contributed by atoms with van der Waals surface area (Å²) < 4.78 is 10.6. The molecule has 0 amide bonds. The zero-order valence-corrected chi connectivity index (χ0v) is 13.7. The summed E-state index contributed by atoms with van der Waals surface area (Å²) in [6.07, 6.45) is 2.08. The van der Waals surface area contributed by atoms with Crippen molar-refractivity contribution < 1.29 is 9.47 Å². The van der Waals surface area contributed by atoms with E-state index in [1.807, 2.05) is 12.1 Å². The average molecular weight is 303 g/mol. The summed E-state index contributed by atoms with van der Waals surface area (Å²) in [6, 6.07) is 14.6. The van der Waals surface area contributed by atoms with Gasteiger partial charge in [0.25, 0.3) is 0 Å². The number of benzene rings is 2. The minimum absolute atomic E-state index is 0.185. The second kappa shape index (κ2) is 7.27. The van der Waals surface area contributed by atoms with Crippen molar-refractivity contribution in [3.8, 4) is 11.5 Å². The van der Waals surface area contributed by atoms with E-state index in [-0.39, 0.29) is 6.04 Å². The highest BCUT2D eigenvalue weighted by atomic mass is 32.2. The molecule has 0 spiro atoms. The highest BCUT2D eigenvalue weighted by molar-refractivity contribution is 7.98. The molecule has 21 heavy (non-hydrogen) atoms. The largest absolute Gasteiger partial charge is 0.493 e. The fraction of sp³-hybridized carbons (Fsp3) is 0.294. The van der Waals surface area contributed by atoms with Gasteiger partial charge in [0.15, 0.2) is 11.5 Å². The van der Waals surface area contributed by atoms with E-state index in [0.29, 0.717) is 0 Å². The number of nitrogens with one attached hydrogen (secondary N) is 1.